The number of nitrogens with zero attached hydrogens (tertiary/aromatic N) is 1. The number of aromatic nitrogens is 1. The summed E-state index contributed by atoms with van der Waals surface area (Å²) in [4.78, 5) is 25.1. The largest absolute Gasteiger partial charge is 0.504 e. The Morgan fingerprint density at radius 2 is 2.03 bits per heavy atom. The van der Waals surface area contributed by atoms with Gasteiger partial charge in [-0.3, -0.25) is 4.79 Å². The first-order valence-corrected chi connectivity index (χ1v) is 10.8. The van der Waals surface area contributed by atoms with Crippen molar-refractivity contribution in [3.05, 3.63) is 45.7 Å². The molecule has 2 heterocycles. The molecule has 1 aromatic carbocycles. The second-order valence-corrected chi connectivity index (χ2v) is 8.61. The predicted molar refractivity (Wildman–Crippen MR) is 119 cm³/mol. The number of ether oxygens (including phenoxy) is 3. The van der Waals surface area contributed by atoms with Crippen LogP contribution in [0.4, 0.5) is 0 Å². The molecule has 1 aliphatic rings. The van der Waals surface area contributed by atoms with E-state index in [2.05, 4.69) is 13.8 Å². The number of aliphatic hydroxyl groups excluding tert-OH is 1. The van der Waals surface area contributed by atoms with Crippen LogP contribution in [0.15, 0.2) is 29.2 Å². The quantitative estimate of drug-likeness (QED) is 0.451. The van der Waals surface area contributed by atoms with E-state index in [0.717, 1.165) is 5.56 Å². The Balaban J connectivity index is 2.17. The molecule has 0 fully saturated rings. The number of aliphatic hydroxyl groups is 1. The number of aromatic hydroxyl groups is 1. The number of rotatable bonds is 9. The molecule has 174 valence electrons. The van der Waals surface area contributed by atoms with Crippen molar-refractivity contribution in [3.63, 3.8) is 0 Å². The molecule has 1 aromatic heterocycles. The van der Waals surface area contributed by atoms with E-state index in [0.29, 0.717) is 36.5 Å². The van der Waals surface area contributed by atoms with E-state index >= 15 is 0 Å². The van der Waals surface area contributed by atoms with Crippen molar-refractivity contribution in [1.29, 1.82) is 0 Å². The van der Waals surface area contributed by atoms with Crippen LogP contribution < -0.4 is 10.2 Å². The summed E-state index contributed by atoms with van der Waals surface area (Å²) in [7, 11) is 1.64. The minimum absolute atomic E-state index is 0.00191. The predicted octanol–water partition coefficient (Wildman–Crippen LogP) is 2.93. The average molecular weight is 446 g/mol. The maximum Gasteiger partial charge on any atom is 0.343 e. The second kappa shape index (κ2) is 9.75. The Labute approximate surface area is 187 Å². The molecular weight excluding hydrogens is 414 g/mol. The lowest BCUT2D eigenvalue weighted by Crippen LogP contribution is -2.37. The van der Waals surface area contributed by atoms with Gasteiger partial charge in [0.05, 0.1) is 25.5 Å². The van der Waals surface area contributed by atoms with Gasteiger partial charge in [-0.15, -0.1) is 0 Å². The Morgan fingerprint density at radius 1 is 1.28 bits per heavy atom. The van der Waals surface area contributed by atoms with Gasteiger partial charge in [-0.25, -0.2) is 4.79 Å². The Hall–Kier alpha value is -2.84. The molecule has 2 aromatic rings. The van der Waals surface area contributed by atoms with Crippen LogP contribution in [0.5, 0.6) is 11.5 Å². The number of phenolic OH excluding ortho intramolecular Hbond substituents is 1. The zero-order valence-electron chi connectivity index (χ0n) is 19.0. The van der Waals surface area contributed by atoms with Crippen LogP contribution in [0, 0.1) is 5.41 Å². The minimum atomic E-state index is -0.655. The van der Waals surface area contributed by atoms with Crippen molar-refractivity contribution in [2.45, 2.75) is 39.7 Å². The molecule has 2 N–H and O–H groups in total. The van der Waals surface area contributed by atoms with Crippen molar-refractivity contribution in [3.8, 4) is 22.8 Å². The number of hydrogen-bond acceptors (Lipinski definition) is 7. The number of hydrogen-bond donors (Lipinski definition) is 2. The number of pyridine rings is 1. The summed E-state index contributed by atoms with van der Waals surface area (Å²) in [5.41, 5.74) is 1.43. The zero-order valence-corrected chi connectivity index (χ0v) is 19.0. The van der Waals surface area contributed by atoms with Crippen LogP contribution in [0.1, 0.15) is 49.2 Å². The molecule has 1 aliphatic heterocycles. The molecule has 8 heteroatoms. The van der Waals surface area contributed by atoms with Crippen molar-refractivity contribution >= 4 is 5.97 Å². The monoisotopic (exact) mass is 445 g/mol. The highest BCUT2D eigenvalue weighted by Gasteiger charge is 2.37. The maximum atomic E-state index is 12.8. The molecular formula is C24H31NO7. The molecule has 0 amide bonds. The van der Waals surface area contributed by atoms with E-state index in [1.54, 1.807) is 32.4 Å². The third-order valence-corrected chi connectivity index (χ3v) is 5.76. The van der Waals surface area contributed by atoms with E-state index in [1.807, 2.05) is 4.57 Å². The van der Waals surface area contributed by atoms with Crippen molar-refractivity contribution in [2.24, 2.45) is 5.41 Å². The molecule has 0 saturated heterocycles. The standard InChI is InChI=1S/C24H31NO7/c1-5-31-23(29)17-13-25-18(12-19(17)27)16-11-20(28)21(32-8-6-7-26)9-15(16)10-22(25)24(2,3)14-30-4/h9,11-13,22,26,28H,5-8,10,14H2,1-4H3. The highest BCUT2D eigenvalue weighted by molar-refractivity contribution is 5.89. The van der Waals surface area contributed by atoms with Gasteiger partial charge >= 0.3 is 5.97 Å². The smallest absolute Gasteiger partial charge is 0.343 e. The first kappa shape index (κ1) is 23.8. The Kier molecular flexibility index (Phi) is 7.26. The fourth-order valence-corrected chi connectivity index (χ4v) is 4.19. The zero-order chi connectivity index (χ0) is 23.5. The SMILES string of the molecule is CCOC(=O)c1cn2c(cc1=O)-c1cc(O)c(OCCCO)cc1CC2C(C)(C)COC. The summed E-state index contributed by atoms with van der Waals surface area (Å²) in [6.45, 7) is 6.74. The molecule has 8 nitrogen and oxygen atoms in total. The van der Waals surface area contributed by atoms with Gasteiger partial charge in [0.15, 0.2) is 16.9 Å². The number of carbonyl (C=O) groups excluding carboxylic acids is 1. The van der Waals surface area contributed by atoms with Crippen molar-refractivity contribution < 1.29 is 29.2 Å². The number of esters is 1. The fraction of sp³-hybridized carbons (Fsp3) is 0.500. The van der Waals surface area contributed by atoms with Gasteiger partial charge in [0.1, 0.15) is 5.56 Å². The van der Waals surface area contributed by atoms with Gasteiger partial charge in [0, 0.05) is 49.4 Å². The number of phenols is 1. The maximum absolute atomic E-state index is 12.8. The van der Waals surface area contributed by atoms with Gasteiger partial charge in [0.2, 0.25) is 0 Å². The van der Waals surface area contributed by atoms with Gasteiger partial charge < -0.3 is 29.0 Å². The number of carbonyl (C=O) groups is 1. The highest BCUT2D eigenvalue weighted by atomic mass is 16.5. The minimum Gasteiger partial charge on any atom is -0.504 e. The summed E-state index contributed by atoms with van der Waals surface area (Å²) in [6, 6.07) is 4.66. The molecule has 0 aliphatic carbocycles. The van der Waals surface area contributed by atoms with Crippen LogP contribution in [0.25, 0.3) is 11.3 Å². The molecule has 0 spiro atoms. The van der Waals surface area contributed by atoms with Gasteiger partial charge in [-0.2, -0.15) is 0 Å². The van der Waals surface area contributed by atoms with Gasteiger partial charge in [-0.05, 0) is 31.0 Å². The molecule has 1 unspecified atom stereocenters. The lowest BCUT2D eigenvalue weighted by molar-refractivity contribution is 0.0516. The summed E-state index contributed by atoms with van der Waals surface area (Å²) in [5.74, 6) is -0.374. The molecule has 0 radical (unpaired) electrons. The Bertz CT molecular complexity index is 1040. The molecule has 0 bridgehead atoms. The fourth-order valence-electron chi connectivity index (χ4n) is 4.19. The molecule has 1 atom stereocenters. The molecule has 3 rings (SSSR count). The lowest BCUT2D eigenvalue weighted by atomic mass is 9.77. The van der Waals surface area contributed by atoms with Gasteiger partial charge in [0.25, 0.3) is 0 Å². The van der Waals surface area contributed by atoms with Crippen LogP contribution in [0.3, 0.4) is 0 Å². The second-order valence-electron chi connectivity index (χ2n) is 8.61. The van der Waals surface area contributed by atoms with Crippen LogP contribution in [0.2, 0.25) is 0 Å². The van der Waals surface area contributed by atoms with Crippen molar-refractivity contribution in [1.82, 2.24) is 4.57 Å². The average Bonchev–Trinajstić information content (AvgIpc) is 2.73. The first-order valence-electron chi connectivity index (χ1n) is 10.8. The van der Waals surface area contributed by atoms with E-state index in [9.17, 15) is 14.7 Å². The third-order valence-electron chi connectivity index (χ3n) is 5.76. The van der Waals surface area contributed by atoms with E-state index in [-0.39, 0.29) is 42.6 Å². The topological polar surface area (TPSA) is 107 Å². The lowest BCUT2D eigenvalue weighted by Gasteiger charge is -2.40. The van der Waals surface area contributed by atoms with E-state index in [4.69, 9.17) is 19.3 Å². The van der Waals surface area contributed by atoms with E-state index in [1.165, 1.54) is 6.07 Å². The van der Waals surface area contributed by atoms with E-state index < -0.39 is 11.4 Å². The summed E-state index contributed by atoms with van der Waals surface area (Å²) < 4.78 is 18.1. The van der Waals surface area contributed by atoms with Crippen LogP contribution >= 0.6 is 0 Å². The van der Waals surface area contributed by atoms with Crippen LogP contribution in [-0.2, 0) is 15.9 Å². The Morgan fingerprint density at radius 3 is 2.69 bits per heavy atom. The summed E-state index contributed by atoms with van der Waals surface area (Å²) in [5, 5.41) is 19.5. The van der Waals surface area contributed by atoms with Crippen molar-refractivity contribution in [2.75, 3.05) is 33.5 Å². The highest BCUT2D eigenvalue weighted by Crippen LogP contribution is 2.45. The van der Waals surface area contributed by atoms with Crippen LogP contribution in [-0.4, -0.2) is 54.3 Å². The third kappa shape index (κ3) is 4.66. The first-order chi connectivity index (χ1) is 15.2. The number of fused-ring (bicyclic) bond motifs is 3. The summed E-state index contributed by atoms with van der Waals surface area (Å²) >= 11 is 0. The molecule has 0 saturated carbocycles. The number of methoxy groups -OCH3 is 1. The summed E-state index contributed by atoms with van der Waals surface area (Å²) in [6.07, 6.45) is 2.60. The van der Waals surface area contributed by atoms with Gasteiger partial charge in [-0.1, -0.05) is 13.8 Å². The molecule has 32 heavy (non-hydrogen) atoms. The normalized spacial score (nSPS) is 15.1. The number of benzene rings is 1.